The van der Waals surface area contributed by atoms with Crippen LogP contribution in [0.25, 0.3) is 11.3 Å². The summed E-state index contributed by atoms with van der Waals surface area (Å²) in [5, 5.41) is 0. The molecule has 0 saturated carbocycles. The minimum absolute atomic E-state index is 0.520. The lowest BCUT2D eigenvalue weighted by atomic mass is 10.0. The molecule has 0 radical (unpaired) electrons. The van der Waals surface area contributed by atoms with E-state index in [1.807, 2.05) is 13.0 Å². The van der Waals surface area contributed by atoms with Gasteiger partial charge in [-0.25, -0.2) is 4.98 Å². The number of rotatable bonds is 4. The zero-order chi connectivity index (χ0) is 14.0. The number of nitrogens with zero attached hydrogens (tertiary/aromatic N) is 2. The van der Waals surface area contributed by atoms with Gasteiger partial charge in [-0.15, -0.1) is 0 Å². The van der Waals surface area contributed by atoms with Gasteiger partial charge in [0.25, 0.3) is 0 Å². The van der Waals surface area contributed by atoms with Gasteiger partial charge in [0.15, 0.2) is 6.29 Å². The van der Waals surface area contributed by atoms with Crippen LogP contribution < -0.4 is 9.47 Å². The number of ether oxygens (including phenoxy) is 2. The highest BCUT2D eigenvalue weighted by molar-refractivity contribution is 5.87. The zero-order valence-electron chi connectivity index (χ0n) is 11.4. The molecule has 5 nitrogen and oxygen atoms in total. The Balaban J connectivity index is 2.70. The van der Waals surface area contributed by atoms with E-state index < -0.39 is 0 Å². The molecule has 0 atom stereocenters. The third-order valence-corrected chi connectivity index (χ3v) is 3.06. The molecule has 0 aliphatic heterocycles. The molecule has 0 N–H and O–H groups in total. The second kappa shape index (κ2) is 5.14. The predicted octanol–water partition coefficient (Wildman–Crippen LogP) is 2.23. The van der Waals surface area contributed by atoms with Gasteiger partial charge in [-0.05, 0) is 18.6 Å². The fourth-order valence-electron chi connectivity index (χ4n) is 2.08. The molecule has 5 heteroatoms. The number of aldehydes is 1. The maximum atomic E-state index is 11.2. The Morgan fingerprint density at radius 2 is 2.00 bits per heavy atom. The third-order valence-electron chi connectivity index (χ3n) is 3.06. The second-order valence-electron chi connectivity index (χ2n) is 4.23. The van der Waals surface area contributed by atoms with Crippen LogP contribution in [-0.4, -0.2) is 30.1 Å². The van der Waals surface area contributed by atoms with Crippen molar-refractivity contribution in [1.29, 1.82) is 0 Å². The van der Waals surface area contributed by atoms with Crippen molar-refractivity contribution in [2.75, 3.05) is 14.2 Å². The molecule has 0 aliphatic rings. The van der Waals surface area contributed by atoms with Gasteiger partial charge in [-0.1, -0.05) is 0 Å². The van der Waals surface area contributed by atoms with E-state index in [9.17, 15) is 4.79 Å². The summed E-state index contributed by atoms with van der Waals surface area (Å²) in [6, 6.07) is 3.67. The molecule has 0 amide bonds. The number of benzene rings is 1. The average molecular weight is 260 g/mol. The molecule has 2 rings (SSSR count). The van der Waals surface area contributed by atoms with Crippen molar-refractivity contribution in [2.45, 2.75) is 6.92 Å². The van der Waals surface area contributed by atoms with Crippen molar-refractivity contribution in [2.24, 2.45) is 7.05 Å². The number of methoxy groups -OCH3 is 2. The standard InChI is InChI=1S/C14H16N2O3/c1-9-5-10(18-3)6-12(19-4)13(9)14-11(7-17)16(2)8-15-14/h5-8H,1-4H3. The lowest BCUT2D eigenvalue weighted by Crippen LogP contribution is -1.98. The smallest absolute Gasteiger partial charge is 0.168 e. The summed E-state index contributed by atoms with van der Waals surface area (Å²) in [5.41, 5.74) is 2.89. The normalized spacial score (nSPS) is 10.3. The molecule has 0 aliphatic carbocycles. The zero-order valence-corrected chi connectivity index (χ0v) is 11.4. The van der Waals surface area contributed by atoms with Crippen molar-refractivity contribution in [3.05, 3.63) is 29.7 Å². The van der Waals surface area contributed by atoms with Crippen LogP contribution >= 0.6 is 0 Å². The molecule has 1 aromatic heterocycles. The maximum Gasteiger partial charge on any atom is 0.168 e. The first-order chi connectivity index (χ1) is 9.12. The van der Waals surface area contributed by atoms with Crippen molar-refractivity contribution in [1.82, 2.24) is 9.55 Å². The first-order valence-corrected chi connectivity index (χ1v) is 5.81. The molecule has 2 aromatic rings. The Kier molecular flexibility index (Phi) is 3.55. The molecular weight excluding hydrogens is 244 g/mol. The predicted molar refractivity (Wildman–Crippen MR) is 71.9 cm³/mol. The molecule has 100 valence electrons. The van der Waals surface area contributed by atoms with E-state index in [0.29, 0.717) is 22.9 Å². The molecule has 0 saturated heterocycles. The van der Waals surface area contributed by atoms with Gasteiger partial charge >= 0.3 is 0 Å². The Morgan fingerprint density at radius 3 is 2.58 bits per heavy atom. The Hall–Kier alpha value is -2.30. The minimum atomic E-state index is 0.520. The van der Waals surface area contributed by atoms with Crippen LogP contribution in [0.2, 0.25) is 0 Å². The SMILES string of the molecule is COc1cc(C)c(-c2ncn(C)c2C=O)c(OC)c1. The summed E-state index contributed by atoms with van der Waals surface area (Å²) in [6.45, 7) is 1.93. The number of imidazole rings is 1. The van der Waals surface area contributed by atoms with Gasteiger partial charge in [0.05, 0.1) is 20.5 Å². The maximum absolute atomic E-state index is 11.2. The van der Waals surface area contributed by atoms with E-state index in [1.165, 1.54) is 0 Å². The fraction of sp³-hybridized carbons (Fsp3) is 0.286. The highest BCUT2D eigenvalue weighted by atomic mass is 16.5. The molecule has 0 unspecified atom stereocenters. The Labute approximate surface area is 111 Å². The Bertz CT molecular complexity index is 617. The van der Waals surface area contributed by atoms with Gasteiger partial charge in [0, 0.05) is 18.7 Å². The fourth-order valence-corrected chi connectivity index (χ4v) is 2.08. The lowest BCUT2D eigenvalue weighted by molar-refractivity contribution is 0.111. The van der Waals surface area contributed by atoms with Gasteiger partial charge in [0.1, 0.15) is 22.9 Å². The quantitative estimate of drug-likeness (QED) is 0.791. The van der Waals surface area contributed by atoms with E-state index >= 15 is 0 Å². The number of hydrogen-bond acceptors (Lipinski definition) is 4. The van der Waals surface area contributed by atoms with Crippen LogP contribution in [0.15, 0.2) is 18.5 Å². The molecule has 1 aromatic carbocycles. The molecular formula is C14H16N2O3. The number of aromatic nitrogens is 2. The molecule has 1 heterocycles. The molecule has 0 fully saturated rings. The molecule has 0 spiro atoms. The van der Waals surface area contributed by atoms with E-state index in [1.54, 1.807) is 38.2 Å². The highest BCUT2D eigenvalue weighted by Crippen LogP contribution is 2.36. The summed E-state index contributed by atoms with van der Waals surface area (Å²) in [4.78, 5) is 15.5. The van der Waals surface area contributed by atoms with E-state index in [2.05, 4.69) is 4.98 Å². The highest BCUT2D eigenvalue weighted by Gasteiger charge is 2.18. The number of carbonyl (C=O) groups excluding carboxylic acids is 1. The summed E-state index contributed by atoms with van der Waals surface area (Å²) >= 11 is 0. The summed E-state index contributed by atoms with van der Waals surface area (Å²) in [5.74, 6) is 1.35. The van der Waals surface area contributed by atoms with Gasteiger partial charge in [0.2, 0.25) is 0 Å². The topological polar surface area (TPSA) is 53.4 Å². The van der Waals surface area contributed by atoms with E-state index in [0.717, 1.165) is 17.4 Å². The van der Waals surface area contributed by atoms with Gasteiger partial charge < -0.3 is 14.0 Å². The van der Waals surface area contributed by atoms with Crippen molar-refractivity contribution < 1.29 is 14.3 Å². The summed E-state index contributed by atoms with van der Waals surface area (Å²) < 4.78 is 12.3. The molecule has 19 heavy (non-hydrogen) atoms. The summed E-state index contributed by atoms with van der Waals surface area (Å²) in [7, 11) is 4.97. The first kappa shape index (κ1) is 13.1. The largest absolute Gasteiger partial charge is 0.497 e. The second-order valence-corrected chi connectivity index (χ2v) is 4.23. The number of hydrogen-bond donors (Lipinski definition) is 0. The van der Waals surface area contributed by atoms with Gasteiger partial charge in [-0.3, -0.25) is 4.79 Å². The monoisotopic (exact) mass is 260 g/mol. The Morgan fingerprint density at radius 1 is 1.26 bits per heavy atom. The van der Waals surface area contributed by atoms with E-state index in [4.69, 9.17) is 9.47 Å². The van der Waals surface area contributed by atoms with Crippen molar-refractivity contribution >= 4 is 6.29 Å². The van der Waals surface area contributed by atoms with Crippen LogP contribution in [0.5, 0.6) is 11.5 Å². The van der Waals surface area contributed by atoms with Crippen LogP contribution in [0, 0.1) is 6.92 Å². The minimum Gasteiger partial charge on any atom is -0.497 e. The van der Waals surface area contributed by atoms with Gasteiger partial charge in [-0.2, -0.15) is 0 Å². The average Bonchev–Trinajstić information content (AvgIpc) is 2.78. The van der Waals surface area contributed by atoms with Crippen LogP contribution in [0.3, 0.4) is 0 Å². The van der Waals surface area contributed by atoms with E-state index in [-0.39, 0.29) is 0 Å². The van der Waals surface area contributed by atoms with Crippen LogP contribution in [0.1, 0.15) is 16.1 Å². The van der Waals surface area contributed by atoms with Crippen LogP contribution in [-0.2, 0) is 7.05 Å². The first-order valence-electron chi connectivity index (χ1n) is 5.81. The van der Waals surface area contributed by atoms with Crippen molar-refractivity contribution in [3.8, 4) is 22.8 Å². The third kappa shape index (κ3) is 2.19. The summed E-state index contributed by atoms with van der Waals surface area (Å²) in [6.07, 6.45) is 2.41. The molecule has 0 bridgehead atoms. The van der Waals surface area contributed by atoms with Crippen LogP contribution in [0.4, 0.5) is 0 Å². The lowest BCUT2D eigenvalue weighted by Gasteiger charge is -2.12. The number of aryl methyl sites for hydroxylation is 2. The number of carbonyl (C=O) groups is 1. The van der Waals surface area contributed by atoms with Crippen molar-refractivity contribution in [3.63, 3.8) is 0 Å².